The van der Waals surface area contributed by atoms with Gasteiger partial charge < -0.3 is 19.7 Å². The molecule has 208 valence electrons. The molecule has 11 nitrogen and oxygen atoms in total. The third-order valence-corrected chi connectivity index (χ3v) is 10.3. The second kappa shape index (κ2) is 12.5. The maximum absolute atomic E-state index is 12.7. The summed E-state index contributed by atoms with van der Waals surface area (Å²) < 4.78 is 64.5. The van der Waals surface area contributed by atoms with Crippen molar-refractivity contribution in [2.24, 2.45) is 0 Å². The first-order valence-corrected chi connectivity index (χ1v) is 15.5. The summed E-state index contributed by atoms with van der Waals surface area (Å²) in [7, 11) is -5.00. The number of piperazine rings is 1. The summed E-state index contributed by atoms with van der Waals surface area (Å²) in [5.74, 6) is 0.0963. The highest BCUT2D eigenvalue weighted by molar-refractivity contribution is 7.89. The van der Waals surface area contributed by atoms with Crippen molar-refractivity contribution >= 4 is 26.0 Å². The summed E-state index contributed by atoms with van der Waals surface area (Å²) in [6.45, 7) is 4.27. The Morgan fingerprint density at radius 3 is 2.13 bits per heavy atom. The lowest BCUT2D eigenvalue weighted by Crippen LogP contribution is -2.47. The number of carbonyl (C=O) groups excluding carboxylic acids is 1. The highest BCUT2D eigenvalue weighted by atomic mass is 32.2. The first-order chi connectivity index (χ1) is 18.1. The number of ether oxygens (including phenoxy) is 2. The van der Waals surface area contributed by atoms with Crippen LogP contribution in [-0.2, 0) is 30.5 Å². The maximum Gasteiger partial charge on any atom is 0.251 e. The van der Waals surface area contributed by atoms with Gasteiger partial charge in [-0.2, -0.15) is 8.61 Å². The van der Waals surface area contributed by atoms with Crippen LogP contribution in [0.15, 0.2) is 53.4 Å². The topological polar surface area (TPSA) is 126 Å². The van der Waals surface area contributed by atoms with Crippen LogP contribution in [0, 0.1) is 0 Å². The number of carbonyl (C=O) groups is 1. The number of likely N-dealkylation sites (N-methyl/N-ethyl adjacent to an activating group) is 1. The number of rotatable bonds is 10. The fraction of sp³-hybridized carbons (Fsp3) is 0.480. The molecule has 0 aliphatic carbocycles. The molecule has 2 aromatic rings. The molecule has 0 spiro atoms. The predicted molar refractivity (Wildman–Crippen MR) is 142 cm³/mol. The molecule has 1 N–H and O–H groups in total. The van der Waals surface area contributed by atoms with Gasteiger partial charge in [0.05, 0.1) is 30.4 Å². The van der Waals surface area contributed by atoms with Crippen molar-refractivity contribution < 1.29 is 31.1 Å². The Labute approximate surface area is 224 Å². The van der Waals surface area contributed by atoms with Gasteiger partial charge in [0.1, 0.15) is 12.4 Å². The van der Waals surface area contributed by atoms with Crippen molar-refractivity contribution in [1.82, 2.24) is 18.8 Å². The molecule has 2 aliphatic heterocycles. The number of amides is 1. The van der Waals surface area contributed by atoms with Crippen LogP contribution in [0.2, 0.25) is 0 Å². The molecule has 2 saturated heterocycles. The van der Waals surface area contributed by atoms with Gasteiger partial charge in [-0.3, -0.25) is 4.79 Å². The molecule has 0 aromatic heterocycles. The number of nitrogens with zero attached hydrogens (tertiary/aromatic N) is 3. The van der Waals surface area contributed by atoms with Crippen LogP contribution in [0.3, 0.4) is 0 Å². The molecule has 2 aliphatic rings. The van der Waals surface area contributed by atoms with Crippen molar-refractivity contribution in [2.75, 3.05) is 72.7 Å². The largest absolute Gasteiger partial charge is 0.492 e. The molecular formula is C25H34N4O7S2. The molecule has 4 rings (SSSR count). The fourth-order valence-corrected chi connectivity index (χ4v) is 7.12. The average molecular weight is 567 g/mol. The van der Waals surface area contributed by atoms with E-state index < -0.39 is 20.0 Å². The van der Waals surface area contributed by atoms with Crippen LogP contribution in [0.25, 0.3) is 0 Å². The smallest absolute Gasteiger partial charge is 0.251 e. The Morgan fingerprint density at radius 1 is 0.868 bits per heavy atom. The van der Waals surface area contributed by atoms with Gasteiger partial charge in [-0.1, -0.05) is 12.1 Å². The van der Waals surface area contributed by atoms with Crippen molar-refractivity contribution in [1.29, 1.82) is 0 Å². The average Bonchev–Trinajstić information content (AvgIpc) is 2.92. The predicted octanol–water partition coefficient (Wildman–Crippen LogP) is 0.594. The summed E-state index contributed by atoms with van der Waals surface area (Å²) in [4.78, 5) is 14.7. The summed E-state index contributed by atoms with van der Waals surface area (Å²) >= 11 is 0. The molecule has 2 heterocycles. The second-order valence-corrected chi connectivity index (χ2v) is 13.2. The highest BCUT2D eigenvalue weighted by Gasteiger charge is 2.27. The van der Waals surface area contributed by atoms with Crippen LogP contribution in [-0.4, -0.2) is 109 Å². The van der Waals surface area contributed by atoms with E-state index in [0.29, 0.717) is 69.4 Å². The number of hydrogen-bond donors (Lipinski definition) is 1. The minimum absolute atomic E-state index is 0.0982. The van der Waals surface area contributed by atoms with E-state index in [1.165, 1.54) is 20.7 Å². The number of sulfonamides is 2. The Bertz CT molecular complexity index is 1290. The Balaban J connectivity index is 1.21. The SMILES string of the molecule is CN1CCN(S(=O)(=O)Cc2ccc(C(=O)NCCOc3ccc(S(=O)(=O)N4CCOCC4)cc3)cc2)CC1. The lowest BCUT2D eigenvalue weighted by molar-refractivity contribution is 0.0730. The van der Waals surface area contributed by atoms with E-state index in [9.17, 15) is 21.6 Å². The maximum atomic E-state index is 12.7. The monoisotopic (exact) mass is 566 g/mol. The van der Waals surface area contributed by atoms with E-state index in [1.807, 2.05) is 7.05 Å². The molecule has 0 unspecified atom stereocenters. The number of benzene rings is 2. The van der Waals surface area contributed by atoms with Gasteiger partial charge in [0.2, 0.25) is 20.0 Å². The lowest BCUT2D eigenvalue weighted by Gasteiger charge is -2.31. The number of morpholine rings is 1. The Morgan fingerprint density at radius 2 is 1.50 bits per heavy atom. The van der Waals surface area contributed by atoms with E-state index >= 15 is 0 Å². The van der Waals surface area contributed by atoms with Crippen molar-refractivity contribution in [3.63, 3.8) is 0 Å². The van der Waals surface area contributed by atoms with E-state index in [2.05, 4.69) is 10.2 Å². The van der Waals surface area contributed by atoms with E-state index in [-0.39, 0.29) is 29.7 Å². The molecule has 2 aromatic carbocycles. The molecule has 0 bridgehead atoms. The molecule has 13 heteroatoms. The molecule has 0 atom stereocenters. The van der Waals surface area contributed by atoms with Gasteiger partial charge in [0, 0.05) is 44.8 Å². The minimum Gasteiger partial charge on any atom is -0.492 e. The Kier molecular flexibility index (Phi) is 9.39. The van der Waals surface area contributed by atoms with Crippen LogP contribution >= 0.6 is 0 Å². The summed E-state index contributed by atoms with van der Waals surface area (Å²) in [5, 5.41) is 2.76. The molecule has 0 saturated carbocycles. The first kappa shape index (κ1) is 28.5. The molecular weight excluding hydrogens is 532 g/mol. The second-order valence-electron chi connectivity index (χ2n) is 9.25. The summed E-state index contributed by atoms with van der Waals surface area (Å²) in [5.41, 5.74) is 1.05. The standard InChI is InChI=1S/C25H34N4O7S2/c1-27-11-13-28(14-12-27)37(31,32)20-21-2-4-22(5-3-21)25(30)26-10-17-36-23-6-8-24(9-7-23)38(33,34)29-15-18-35-19-16-29/h2-9H,10-20H2,1H3,(H,26,30). The molecule has 2 fully saturated rings. The normalized spacial score (nSPS) is 18.2. The molecule has 1 amide bonds. The van der Waals surface area contributed by atoms with Crippen LogP contribution in [0.1, 0.15) is 15.9 Å². The molecule has 0 radical (unpaired) electrons. The zero-order valence-electron chi connectivity index (χ0n) is 21.4. The highest BCUT2D eigenvalue weighted by Crippen LogP contribution is 2.20. The van der Waals surface area contributed by atoms with Crippen LogP contribution in [0.4, 0.5) is 0 Å². The third-order valence-electron chi connectivity index (χ3n) is 6.51. The summed E-state index contributed by atoms with van der Waals surface area (Å²) in [6.07, 6.45) is 0. The zero-order chi connectivity index (χ0) is 27.2. The lowest BCUT2D eigenvalue weighted by atomic mass is 10.1. The van der Waals surface area contributed by atoms with E-state index in [0.717, 1.165) is 0 Å². The van der Waals surface area contributed by atoms with Gasteiger partial charge in [0.15, 0.2) is 0 Å². The van der Waals surface area contributed by atoms with Gasteiger partial charge in [0.25, 0.3) is 5.91 Å². The van der Waals surface area contributed by atoms with Gasteiger partial charge in [-0.05, 0) is 49.0 Å². The van der Waals surface area contributed by atoms with Crippen LogP contribution in [0.5, 0.6) is 5.75 Å². The first-order valence-electron chi connectivity index (χ1n) is 12.5. The van der Waals surface area contributed by atoms with Crippen molar-refractivity contribution in [2.45, 2.75) is 10.6 Å². The van der Waals surface area contributed by atoms with Gasteiger partial charge in [-0.25, -0.2) is 16.8 Å². The summed E-state index contributed by atoms with van der Waals surface area (Å²) in [6, 6.07) is 12.7. The van der Waals surface area contributed by atoms with Crippen molar-refractivity contribution in [3.05, 3.63) is 59.7 Å². The number of hydrogen-bond acceptors (Lipinski definition) is 8. The van der Waals surface area contributed by atoms with E-state index in [4.69, 9.17) is 9.47 Å². The van der Waals surface area contributed by atoms with Crippen LogP contribution < -0.4 is 10.1 Å². The van der Waals surface area contributed by atoms with Gasteiger partial charge >= 0.3 is 0 Å². The third kappa shape index (κ3) is 7.30. The van der Waals surface area contributed by atoms with E-state index in [1.54, 1.807) is 36.4 Å². The zero-order valence-corrected chi connectivity index (χ0v) is 23.0. The molecule has 38 heavy (non-hydrogen) atoms. The Hall–Kier alpha value is -2.55. The van der Waals surface area contributed by atoms with Crippen molar-refractivity contribution in [3.8, 4) is 5.75 Å². The van der Waals surface area contributed by atoms with Gasteiger partial charge in [-0.15, -0.1) is 0 Å². The minimum atomic E-state index is -3.56. The quantitative estimate of drug-likeness (QED) is 0.415. The fourth-order valence-electron chi connectivity index (χ4n) is 4.20. The number of nitrogens with one attached hydrogen (secondary N) is 1.